The first-order chi connectivity index (χ1) is 10.1. The fraction of sp³-hybridized carbons (Fsp3) is 0.400. The summed E-state index contributed by atoms with van der Waals surface area (Å²) < 4.78 is 5.19. The van der Waals surface area contributed by atoms with Crippen LogP contribution in [0.4, 0.5) is 0 Å². The van der Waals surface area contributed by atoms with Crippen molar-refractivity contribution in [3.63, 3.8) is 0 Å². The molecule has 0 unspecified atom stereocenters. The Bertz CT molecular complexity index is 604. The van der Waals surface area contributed by atoms with Gasteiger partial charge in [-0.25, -0.2) is 0 Å². The number of rotatable bonds is 7. The van der Waals surface area contributed by atoms with Gasteiger partial charge in [-0.1, -0.05) is 17.3 Å². The summed E-state index contributed by atoms with van der Waals surface area (Å²) in [4.78, 5) is 18.2. The maximum Gasteiger partial charge on any atom is 0.227 e. The Kier molecular flexibility index (Phi) is 5.27. The van der Waals surface area contributed by atoms with E-state index in [4.69, 9.17) is 4.52 Å². The van der Waals surface area contributed by atoms with Crippen molar-refractivity contribution in [1.29, 1.82) is 0 Å². The van der Waals surface area contributed by atoms with Gasteiger partial charge in [0.2, 0.25) is 17.6 Å². The molecule has 0 fully saturated rings. The van der Waals surface area contributed by atoms with Crippen LogP contribution < -0.4 is 0 Å². The number of aryl methyl sites for hydroxylation is 1. The standard InChI is InChI=1S/C15H19N3O2S/c1-4-18(9-11(2)3)14(19)6-5-13-16-15(17-20-13)12-7-8-21-10-12/h7-8,10H,2,4-6,9H2,1,3H3. The zero-order valence-corrected chi connectivity index (χ0v) is 13.2. The average Bonchev–Trinajstić information content (AvgIpc) is 3.12. The molecule has 0 radical (unpaired) electrons. The molecule has 0 aliphatic carbocycles. The average molecular weight is 305 g/mol. The summed E-state index contributed by atoms with van der Waals surface area (Å²) >= 11 is 1.58. The largest absolute Gasteiger partial charge is 0.339 e. The topological polar surface area (TPSA) is 59.2 Å². The summed E-state index contributed by atoms with van der Waals surface area (Å²) in [6, 6.07) is 1.94. The molecule has 0 saturated heterocycles. The molecule has 0 aromatic carbocycles. The molecule has 0 aliphatic heterocycles. The summed E-state index contributed by atoms with van der Waals surface area (Å²) in [5.74, 6) is 1.15. The van der Waals surface area contributed by atoms with Crippen LogP contribution >= 0.6 is 11.3 Å². The SMILES string of the molecule is C=C(C)CN(CC)C(=O)CCc1nc(-c2ccsc2)no1. The number of carbonyl (C=O) groups is 1. The summed E-state index contributed by atoms with van der Waals surface area (Å²) in [6.45, 7) is 8.99. The maximum atomic E-state index is 12.1. The molecule has 0 aliphatic rings. The van der Waals surface area contributed by atoms with E-state index in [-0.39, 0.29) is 5.91 Å². The molecule has 0 atom stereocenters. The van der Waals surface area contributed by atoms with Gasteiger partial charge in [-0.15, -0.1) is 0 Å². The highest BCUT2D eigenvalue weighted by Crippen LogP contribution is 2.19. The van der Waals surface area contributed by atoms with Gasteiger partial charge in [0.05, 0.1) is 0 Å². The van der Waals surface area contributed by atoms with E-state index in [0.717, 1.165) is 11.1 Å². The van der Waals surface area contributed by atoms with Crippen molar-refractivity contribution in [2.45, 2.75) is 26.7 Å². The highest BCUT2D eigenvalue weighted by Gasteiger charge is 2.14. The number of hydrogen-bond donors (Lipinski definition) is 0. The van der Waals surface area contributed by atoms with E-state index in [2.05, 4.69) is 16.7 Å². The van der Waals surface area contributed by atoms with Crippen LogP contribution in [-0.2, 0) is 11.2 Å². The molecule has 0 saturated carbocycles. The van der Waals surface area contributed by atoms with Crippen LogP contribution in [0.1, 0.15) is 26.2 Å². The summed E-state index contributed by atoms with van der Waals surface area (Å²) in [5, 5.41) is 7.86. The Hall–Kier alpha value is -1.95. The quantitative estimate of drug-likeness (QED) is 0.737. The van der Waals surface area contributed by atoms with Gasteiger partial charge in [-0.2, -0.15) is 16.3 Å². The maximum absolute atomic E-state index is 12.1. The third kappa shape index (κ3) is 4.26. The molecule has 2 rings (SSSR count). The van der Waals surface area contributed by atoms with Gasteiger partial charge in [-0.3, -0.25) is 4.79 Å². The second kappa shape index (κ2) is 7.17. The molecule has 21 heavy (non-hydrogen) atoms. The number of hydrogen-bond acceptors (Lipinski definition) is 5. The lowest BCUT2D eigenvalue weighted by Gasteiger charge is -2.20. The number of aromatic nitrogens is 2. The third-order valence-corrected chi connectivity index (χ3v) is 3.68. The van der Waals surface area contributed by atoms with Crippen molar-refractivity contribution in [3.8, 4) is 11.4 Å². The van der Waals surface area contributed by atoms with Gasteiger partial charge in [0.1, 0.15) is 0 Å². The lowest BCUT2D eigenvalue weighted by Crippen LogP contribution is -2.32. The minimum absolute atomic E-state index is 0.0794. The van der Waals surface area contributed by atoms with Crippen LogP contribution in [0, 0.1) is 0 Å². The van der Waals surface area contributed by atoms with Gasteiger partial charge in [0, 0.05) is 36.9 Å². The van der Waals surface area contributed by atoms with Crippen LogP contribution in [0.2, 0.25) is 0 Å². The third-order valence-electron chi connectivity index (χ3n) is 3.00. The number of amides is 1. The van der Waals surface area contributed by atoms with E-state index in [9.17, 15) is 4.79 Å². The predicted molar refractivity (Wildman–Crippen MR) is 83.0 cm³/mol. The highest BCUT2D eigenvalue weighted by atomic mass is 32.1. The summed E-state index contributed by atoms with van der Waals surface area (Å²) in [5.41, 5.74) is 1.92. The molecule has 5 nitrogen and oxygen atoms in total. The van der Waals surface area contributed by atoms with E-state index in [0.29, 0.717) is 37.6 Å². The predicted octanol–water partition coefficient (Wildman–Crippen LogP) is 3.16. The van der Waals surface area contributed by atoms with Crippen molar-refractivity contribution < 1.29 is 9.32 Å². The van der Waals surface area contributed by atoms with Crippen molar-refractivity contribution in [2.75, 3.05) is 13.1 Å². The van der Waals surface area contributed by atoms with Gasteiger partial charge in [0.25, 0.3) is 0 Å². The Morgan fingerprint density at radius 1 is 1.52 bits per heavy atom. The van der Waals surface area contributed by atoms with E-state index in [1.165, 1.54) is 0 Å². The van der Waals surface area contributed by atoms with Gasteiger partial charge >= 0.3 is 0 Å². The number of likely N-dealkylation sites (N-methyl/N-ethyl adjacent to an activating group) is 1. The smallest absolute Gasteiger partial charge is 0.227 e. The number of nitrogens with zero attached hydrogens (tertiary/aromatic N) is 3. The van der Waals surface area contributed by atoms with Crippen molar-refractivity contribution in [3.05, 3.63) is 34.9 Å². The van der Waals surface area contributed by atoms with E-state index < -0.39 is 0 Å². The lowest BCUT2D eigenvalue weighted by atomic mass is 10.2. The number of thiophene rings is 1. The Labute approximate surface area is 128 Å². The van der Waals surface area contributed by atoms with Crippen LogP contribution in [0.15, 0.2) is 33.5 Å². The van der Waals surface area contributed by atoms with Gasteiger partial charge < -0.3 is 9.42 Å². The van der Waals surface area contributed by atoms with Crippen LogP contribution in [0.25, 0.3) is 11.4 Å². The van der Waals surface area contributed by atoms with Crippen molar-refractivity contribution in [1.82, 2.24) is 15.0 Å². The van der Waals surface area contributed by atoms with Crippen LogP contribution in [0.3, 0.4) is 0 Å². The Balaban J connectivity index is 1.91. The second-order valence-corrected chi connectivity index (χ2v) is 5.67. The van der Waals surface area contributed by atoms with Crippen molar-refractivity contribution >= 4 is 17.2 Å². The fourth-order valence-electron chi connectivity index (χ4n) is 1.94. The minimum atomic E-state index is 0.0794. The van der Waals surface area contributed by atoms with Crippen molar-refractivity contribution in [2.24, 2.45) is 0 Å². The molecule has 2 aromatic heterocycles. The Morgan fingerprint density at radius 2 is 2.33 bits per heavy atom. The molecule has 0 spiro atoms. The first kappa shape index (κ1) is 15.4. The fourth-order valence-corrected chi connectivity index (χ4v) is 2.57. The first-order valence-electron chi connectivity index (χ1n) is 6.87. The van der Waals surface area contributed by atoms with E-state index in [1.54, 1.807) is 16.2 Å². The summed E-state index contributed by atoms with van der Waals surface area (Å²) in [7, 11) is 0. The molecule has 1 amide bonds. The molecule has 112 valence electrons. The molecule has 2 aromatic rings. The normalized spacial score (nSPS) is 10.6. The number of carbonyl (C=O) groups excluding carboxylic acids is 1. The second-order valence-electron chi connectivity index (χ2n) is 4.89. The molecule has 6 heteroatoms. The molecular formula is C15H19N3O2S. The van der Waals surface area contributed by atoms with Gasteiger partial charge in [-0.05, 0) is 25.3 Å². The molecule has 0 N–H and O–H groups in total. The van der Waals surface area contributed by atoms with E-state index >= 15 is 0 Å². The lowest BCUT2D eigenvalue weighted by molar-refractivity contribution is -0.130. The van der Waals surface area contributed by atoms with Crippen LogP contribution in [-0.4, -0.2) is 34.0 Å². The first-order valence-corrected chi connectivity index (χ1v) is 7.81. The summed E-state index contributed by atoms with van der Waals surface area (Å²) in [6.07, 6.45) is 0.828. The monoisotopic (exact) mass is 305 g/mol. The minimum Gasteiger partial charge on any atom is -0.339 e. The molecular weight excluding hydrogens is 286 g/mol. The Morgan fingerprint density at radius 3 is 2.95 bits per heavy atom. The zero-order chi connectivity index (χ0) is 15.2. The van der Waals surface area contributed by atoms with Gasteiger partial charge in [0.15, 0.2) is 0 Å². The van der Waals surface area contributed by atoms with E-state index in [1.807, 2.05) is 30.7 Å². The molecule has 2 heterocycles. The molecule has 0 bridgehead atoms. The highest BCUT2D eigenvalue weighted by molar-refractivity contribution is 7.08. The van der Waals surface area contributed by atoms with Crippen LogP contribution in [0.5, 0.6) is 0 Å². The zero-order valence-electron chi connectivity index (χ0n) is 12.3.